The van der Waals surface area contributed by atoms with Crippen molar-refractivity contribution in [3.05, 3.63) is 29.8 Å². The molecule has 0 fully saturated rings. The lowest BCUT2D eigenvalue weighted by Crippen LogP contribution is -2.23. The average Bonchev–Trinajstić information content (AvgIpc) is 2.25. The number of benzene rings is 1. The van der Waals surface area contributed by atoms with Crippen LogP contribution in [0, 0.1) is 0 Å². The van der Waals surface area contributed by atoms with Crippen LogP contribution >= 0.6 is 0 Å². The predicted octanol–water partition coefficient (Wildman–Crippen LogP) is 1.58. The zero-order chi connectivity index (χ0) is 10.4. The fourth-order valence-electron chi connectivity index (χ4n) is 1.28. The van der Waals surface area contributed by atoms with E-state index in [0.717, 1.165) is 18.5 Å². The van der Waals surface area contributed by atoms with Gasteiger partial charge in [0.25, 0.3) is 0 Å². The molecule has 0 aliphatic rings. The standard InChI is InChI=1S/C11H15NO2/c1-12(7-8-14-2)11-6-4-3-5-10(11)9-13/h3-6,9H,7-8H2,1-2H3. The summed E-state index contributed by atoms with van der Waals surface area (Å²) < 4.78 is 4.98. The fraction of sp³-hybridized carbons (Fsp3) is 0.364. The second kappa shape index (κ2) is 5.40. The number of likely N-dealkylation sites (N-methyl/N-ethyl adjacent to an activating group) is 1. The number of hydrogen-bond acceptors (Lipinski definition) is 3. The molecule has 0 unspecified atom stereocenters. The number of carbonyl (C=O) groups is 1. The summed E-state index contributed by atoms with van der Waals surface area (Å²) in [6.45, 7) is 1.44. The minimum atomic E-state index is 0.656. The highest BCUT2D eigenvalue weighted by molar-refractivity contribution is 5.84. The number of nitrogens with zero attached hydrogens (tertiary/aromatic N) is 1. The molecule has 0 heterocycles. The third kappa shape index (κ3) is 2.57. The number of anilines is 1. The molecule has 0 aliphatic heterocycles. The van der Waals surface area contributed by atoms with Crippen molar-refractivity contribution in [2.75, 3.05) is 32.2 Å². The maximum atomic E-state index is 10.7. The summed E-state index contributed by atoms with van der Waals surface area (Å²) in [5.74, 6) is 0. The molecule has 1 aromatic carbocycles. The Morgan fingerprint density at radius 2 is 2.14 bits per heavy atom. The number of rotatable bonds is 5. The first-order valence-corrected chi connectivity index (χ1v) is 4.54. The molecule has 1 aromatic rings. The van der Waals surface area contributed by atoms with E-state index in [1.54, 1.807) is 7.11 Å². The lowest BCUT2D eigenvalue weighted by Gasteiger charge is -2.20. The molecular weight excluding hydrogens is 178 g/mol. The Bertz CT molecular complexity index is 299. The normalized spacial score (nSPS) is 9.86. The Morgan fingerprint density at radius 1 is 1.43 bits per heavy atom. The second-order valence-corrected chi connectivity index (χ2v) is 3.09. The van der Waals surface area contributed by atoms with Crippen LogP contribution < -0.4 is 4.90 Å². The molecule has 0 atom stereocenters. The molecule has 0 bridgehead atoms. The van der Waals surface area contributed by atoms with Crippen molar-refractivity contribution in [1.29, 1.82) is 0 Å². The maximum absolute atomic E-state index is 10.7. The van der Waals surface area contributed by atoms with E-state index >= 15 is 0 Å². The summed E-state index contributed by atoms with van der Waals surface area (Å²) in [5, 5.41) is 0. The van der Waals surface area contributed by atoms with E-state index in [9.17, 15) is 4.79 Å². The number of para-hydroxylation sites is 1. The van der Waals surface area contributed by atoms with E-state index < -0.39 is 0 Å². The summed E-state index contributed by atoms with van der Waals surface area (Å²) >= 11 is 0. The molecule has 3 nitrogen and oxygen atoms in total. The van der Waals surface area contributed by atoms with Gasteiger partial charge in [0.05, 0.1) is 6.61 Å². The zero-order valence-corrected chi connectivity index (χ0v) is 8.56. The Labute approximate surface area is 84.3 Å². The van der Waals surface area contributed by atoms with Crippen LogP contribution in [-0.2, 0) is 4.74 Å². The molecule has 1 rings (SSSR count). The Hall–Kier alpha value is -1.35. The van der Waals surface area contributed by atoms with Gasteiger partial charge in [0, 0.05) is 32.0 Å². The summed E-state index contributed by atoms with van der Waals surface area (Å²) in [5.41, 5.74) is 1.66. The van der Waals surface area contributed by atoms with Crippen LogP contribution in [-0.4, -0.2) is 33.6 Å². The minimum absolute atomic E-state index is 0.656. The first kappa shape index (κ1) is 10.7. The van der Waals surface area contributed by atoms with E-state index in [4.69, 9.17) is 4.74 Å². The molecule has 0 saturated carbocycles. The van der Waals surface area contributed by atoms with Crippen molar-refractivity contribution in [3.8, 4) is 0 Å². The number of aldehydes is 1. The van der Waals surface area contributed by atoms with Crippen molar-refractivity contribution in [2.45, 2.75) is 0 Å². The molecule has 3 heteroatoms. The van der Waals surface area contributed by atoms with Crippen molar-refractivity contribution in [2.24, 2.45) is 0 Å². The van der Waals surface area contributed by atoms with Crippen molar-refractivity contribution >= 4 is 12.0 Å². The molecule has 0 N–H and O–H groups in total. The van der Waals surface area contributed by atoms with E-state index in [2.05, 4.69) is 0 Å². The summed E-state index contributed by atoms with van der Waals surface area (Å²) in [7, 11) is 3.61. The maximum Gasteiger partial charge on any atom is 0.152 e. The van der Waals surface area contributed by atoms with Gasteiger partial charge in [0.15, 0.2) is 6.29 Å². The van der Waals surface area contributed by atoms with Gasteiger partial charge in [-0.1, -0.05) is 12.1 Å². The molecule has 0 aromatic heterocycles. The van der Waals surface area contributed by atoms with Gasteiger partial charge in [-0.2, -0.15) is 0 Å². The SMILES string of the molecule is COCCN(C)c1ccccc1C=O. The van der Waals surface area contributed by atoms with E-state index in [1.165, 1.54) is 0 Å². The largest absolute Gasteiger partial charge is 0.383 e. The molecule has 76 valence electrons. The summed E-state index contributed by atoms with van der Waals surface area (Å²) in [6, 6.07) is 7.52. The lowest BCUT2D eigenvalue weighted by molar-refractivity contribution is 0.112. The monoisotopic (exact) mass is 193 g/mol. The van der Waals surface area contributed by atoms with Crippen LogP contribution in [0.3, 0.4) is 0 Å². The molecule has 0 spiro atoms. The number of ether oxygens (including phenoxy) is 1. The first-order valence-electron chi connectivity index (χ1n) is 4.54. The Kier molecular flexibility index (Phi) is 4.13. The number of carbonyl (C=O) groups excluding carboxylic acids is 1. The third-order valence-corrected chi connectivity index (χ3v) is 2.11. The van der Waals surface area contributed by atoms with Crippen molar-refractivity contribution < 1.29 is 9.53 Å². The molecule has 0 amide bonds. The first-order chi connectivity index (χ1) is 6.79. The van der Waals surface area contributed by atoms with Gasteiger partial charge in [0.2, 0.25) is 0 Å². The topological polar surface area (TPSA) is 29.5 Å². The number of methoxy groups -OCH3 is 1. The lowest BCUT2D eigenvalue weighted by atomic mass is 10.2. The van der Waals surface area contributed by atoms with Crippen LogP contribution in [0.4, 0.5) is 5.69 Å². The van der Waals surface area contributed by atoms with Crippen molar-refractivity contribution in [3.63, 3.8) is 0 Å². The highest BCUT2D eigenvalue weighted by Crippen LogP contribution is 2.16. The molecule has 0 radical (unpaired) electrons. The second-order valence-electron chi connectivity index (χ2n) is 3.09. The highest BCUT2D eigenvalue weighted by atomic mass is 16.5. The van der Waals surface area contributed by atoms with Crippen LogP contribution in [0.25, 0.3) is 0 Å². The smallest absolute Gasteiger partial charge is 0.152 e. The quantitative estimate of drug-likeness (QED) is 0.665. The van der Waals surface area contributed by atoms with E-state index in [-0.39, 0.29) is 0 Å². The number of hydrogen-bond donors (Lipinski definition) is 0. The minimum Gasteiger partial charge on any atom is -0.383 e. The van der Waals surface area contributed by atoms with Crippen LogP contribution in [0.2, 0.25) is 0 Å². The Balaban J connectivity index is 2.77. The molecule has 14 heavy (non-hydrogen) atoms. The van der Waals surface area contributed by atoms with Gasteiger partial charge in [-0.15, -0.1) is 0 Å². The van der Waals surface area contributed by atoms with E-state index in [1.807, 2.05) is 36.2 Å². The van der Waals surface area contributed by atoms with Gasteiger partial charge in [-0.05, 0) is 12.1 Å². The van der Waals surface area contributed by atoms with Crippen molar-refractivity contribution in [1.82, 2.24) is 0 Å². The van der Waals surface area contributed by atoms with E-state index in [0.29, 0.717) is 12.2 Å². The zero-order valence-electron chi connectivity index (χ0n) is 8.56. The molecular formula is C11H15NO2. The summed E-state index contributed by atoms with van der Waals surface area (Å²) in [4.78, 5) is 12.8. The molecule has 0 saturated heterocycles. The van der Waals surface area contributed by atoms with Gasteiger partial charge in [-0.3, -0.25) is 4.79 Å². The Morgan fingerprint density at radius 3 is 2.79 bits per heavy atom. The molecule has 0 aliphatic carbocycles. The predicted molar refractivity (Wildman–Crippen MR) is 57.0 cm³/mol. The summed E-state index contributed by atoms with van der Waals surface area (Å²) in [6.07, 6.45) is 0.874. The third-order valence-electron chi connectivity index (χ3n) is 2.11. The van der Waals surface area contributed by atoms with Crippen LogP contribution in [0.5, 0.6) is 0 Å². The van der Waals surface area contributed by atoms with Crippen LogP contribution in [0.15, 0.2) is 24.3 Å². The van der Waals surface area contributed by atoms with Gasteiger partial charge >= 0.3 is 0 Å². The van der Waals surface area contributed by atoms with Gasteiger partial charge in [0.1, 0.15) is 0 Å². The average molecular weight is 193 g/mol. The fourth-order valence-corrected chi connectivity index (χ4v) is 1.28. The van der Waals surface area contributed by atoms with Crippen LogP contribution in [0.1, 0.15) is 10.4 Å². The highest BCUT2D eigenvalue weighted by Gasteiger charge is 2.04. The van der Waals surface area contributed by atoms with Gasteiger partial charge < -0.3 is 9.64 Å². The van der Waals surface area contributed by atoms with Gasteiger partial charge in [-0.25, -0.2) is 0 Å².